The summed E-state index contributed by atoms with van der Waals surface area (Å²) in [5.74, 6) is 0. The van der Waals surface area contributed by atoms with E-state index in [0.717, 1.165) is 24.3 Å². The van der Waals surface area contributed by atoms with E-state index in [1.807, 2.05) is 6.07 Å². The van der Waals surface area contributed by atoms with Crippen molar-refractivity contribution < 1.29 is 0 Å². The molecule has 72 valence electrons. The molecule has 0 amide bonds. The second-order valence-corrected chi connectivity index (χ2v) is 3.40. The average molecular weight is 178 g/mol. The highest BCUT2D eigenvalue weighted by molar-refractivity contribution is 5.71. The molecule has 0 aliphatic heterocycles. The quantitative estimate of drug-likeness (QED) is 0.698. The van der Waals surface area contributed by atoms with E-state index in [1.54, 1.807) is 0 Å². The Bertz CT molecular complexity index is 292. The van der Waals surface area contributed by atoms with Crippen molar-refractivity contribution in [2.45, 2.75) is 27.2 Å². The van der Waals surface area contributed by atoms with Crippen molar-refractivity contribution in [3.8, 4) is 0 Å². The Hall–Kier alpha value is -1.18. The Labute approximate surface area is 80.1 Å². The van der Waals surface area contributed by atoms with Crippen LogP contribution < -0.4 is 11.1 Å². The number of nitrogen functional groups attached to an aromatic ring is 1. The van der Waals surface area contributed by atoms with Crippen molar-refractivity contribution >= 4 is 11.4 Å². The molecule has 1 aromatic carbocycles. The maximum Gasteiger partial charge on any atom is 0.0606 e. The van der Waals surface area contributed by atoms with Crippen LogP contribution in [0.5, 0.6) is 0 Å². The van der Waals surface area contributed by atoms with Crippen LogP contribution in [-0.4, -0.2) is 6.54 Å². The van der Waals surface area contributed by atoms with Crippen molar-refractivity contribution in [2.24, 2.45) is 0 Å². The van der Waals surface area contributed by atoms with Gasteiger partial charge in [0.1, 0.15) is 0 Å². The van der Waals surface area contributed by atoms with Gasteiger partial charge in [0, 0.05) is 6.54 Å². The predicted octanol–water partition coefficient (Wildman–Crippen LogP) is 2.71. The lowest BCUT2D eigenvalue weighted by molar-refractivity contribution is 0.977. The van der Waals surface area contributed by atoms with Crippen LogP contribution in [0.2, 0.25) is 0 Å². The van der Waals surface area contributed by atoms with Gasteiger partial charge in [-0.3, -0.25) is 0 Å². The summed E-state index contributed by atoms with van der Waals surface area (Å²) in [6.07, 6.45) is 1.12. The van der Waals surface area contributed by atoms with Crippen molar-refractivity contribution in [1.82, 2.24) is 0 Å². The van der Waals surface area contributed by atoms with E-state index in [-0.39, 0.29) is 0 Å². The fraction of sp³-hybridized carbons (Fsp3) is 0.455. The zero-order valence-corrected chi connectivity index (χ0v) is 8.65. The largest absolute Gasteiger partial charge is 0.397 e. The second kappa shape index (κ2) is 4.17. The maximum absolute atomic E-state index is 5.87. The first kappa shape index (κ1) is 9.90. The van der Waals surface area contributed by atoms with Gasteiger partial charge in [-0.25, -0.2) is 0 Å². The van der Waals surface area contributed by atoms with Gasteiger partial charge in [-0.15, -0.1) is 0 Å². The SMILES string of the molecule is CCCNc1c(N)ccc(C)c1C. The molecule has 0 bridgehead atoms. The Morgan fingerprint density at radius 2 is 2.00 bits per heavy atom. The molecule has 2 nitrogen and oxygen atoms in total. The Morgan fingerprint density at radius 3 is 2.62 bits per heavy atom. The van der Waals surface area contributed by atoms with Gasteiger partial charge in [-0.1, -0.05) is 13.0 Å². The van der Waals surface area contributed by atoms with Crippen LogP contribution in [0.15, 0.2) is 12.1 Å². The van der Waals surface area contributed by atoms with Gasteiger partial charge in [0.05, 0.1) is 11.4 Å². The number of nitrogens with one attached hydrogen (secondary N) is 1. The fourth-order valence-electron chi connectivity index (χ4n) is 1.32. The molecule has 0 aliphatic carbocycles. The molecule has 0 aromatic heterocycles. The van der Waals surface area contributed by atoms with E-state index in [2.05, 4.69) is 32.2 Å². The van der Waals surface area contributed by atoms with Gasteiger partial charge < -0.3 is 11.1 Å². The molecule has 13 heavy (non-hydrogen) atoms. The number of nitrogens with two attached hydrogens (primary N) is 1. The molecule has 0 unspecified atom stereocenters. The van der Waals surface area contributed by atoms with Crippen LogP contribution >= 0.6 is 0 Å². The van der Waals surface area contributed by atoms with Gasteiger partial charge in [0.2, 0.25) is 0 Å². The first-order chi connectivity index (χ1) is 6.16. The minimum atomic E-state index is 0.844. The molecule has 0 heterocycles. The third-order valence-corrected chi connectivity index (χ3v) is 2.32. The molecular formula is C11H18N2. The fourth-order valence-corrected chi connectivity index (χ4v) is 1.32. The van der Waals surface area contributed by atoms with Gasteiger partial charge in [-0.05, 0) is 37.5 Å². The van der Waals surface area contributed by atoms with Crippen LogP contribution in [0.3, 0.4) is 0 Å². The van der Waals surface area contributed by atoms with Crippen molar-refractivity contribution in [3.63, 3.8) is 0 Å². The minimum Gasteiger partial charge on any atom is -0.397 e. The second-order valence-electron chi connectivity index (χ2n) is 3.40. The normalized spacial score (nSPS) is 10.1. The van der Waals surface area contributed by atoms with Gasteiger partial charge in [0.15, 0.2) is 0 Å². The summed E-state index contributed by atoms with van der Waals surface area (Å²) < 4.78 is 0. The monoisotopic (exact) mass is 178 g/mol. The molecule has 0 radical (unpaired) electrons. The predicted molar refractivity (Wildman–Crippen MR) is 59.1 cm³/mol. The van der Waals surface area contributed by atoms with E-state index >= 15 is 0 Å². The molecule has 0 spiro atoms. The zero-order chi connectivity index (χ0) is 9.84. The van der Waals surface area contributed by atoms with Gasteiger partial charge >= 0.3 is 0 Å². The van der Waals surface area contributed by atoms with Gasteiger partial charge in [-0.2, -0.15) is 0 Å². The van der Waals surface area contributed by atoms with Gasteiger partial charge in [0.25, 0.3) is 0 Å². The Morgan fingerprint density at radius 1 is 1.31 bits per heavy atom. The Balaban J connectivity index is 2.96. The molecule has 0 saturated carbocycles. The summed E-state index contributed by atoms with van der Waals surface area (Å²) in [4.78, 5) is 0. The van der Waals surface area contributed by atoms with E-state index in [0.29, 0.717) is 0 Å². The molecule has 1 rings (SSSR count). The minimum absolute atomic E-state index is 0.844. The molecule has 2 heteroatoms. The maximum atomic E-state index is 5.87. The van der Waals surface area contributed by atoms with E-state index in [4.69, 9.17) is 5.73 Å². The molecule has 0 fully saturated rings. The summed E-state index contributed by atoms with van der Waals surface area (Å²) >= 11 is 0. The summed E-state index contributed by atoms with van der Waals surface area (Å²) in [6.45, 7) is 7.33. The first-order valence-electron chi connectivity index (χ1n) is 4.76. The summed E-state index contributed by atoms with van der Waals surface area (Å²) in [5.41, 5.74) is 10.4. The summed E-state index contributed by atoms with van der Waals surface area (Å²) in [7, 11) is 0. The highest BCUT2D eigenvalue weighted by Crippen LogP contribution is 2.25. The summed E-state index contributed by atoms with van der Waals surface area (Å²) in [5, 5.41) is 3.35. The number of anilines is 2. The van der Waals surface area contributed by atoms with E-state index in [9.17, 15) is 0 Å². The van der Waals surface area contributed by atoms with Crippen molar-refractivity contribution in [1.29, 1.82) is 0 Å². The lowest BCUT2D eigenvalue weighted by Crippen LogP contribution is -2.05. The highest BCUT2D eigenvalue weighted by Gasteiger charge is 2.03. The van der Waals surface area contributed by atoms with E-state index in [1.165, 1.54) is 11.1 Å². The zero-order valence-electron chi connectivity index (χ0n) is 8.65. The molecule has 0 aliphatic rings. The van der Waals surface area contributed by atoms with Crippen molar-refractivity contribution in [2.75, 3.05) is 17.6 Å². The van der Waals surface area contributed by atoms with Crippen LogP contribution in [-0.2, 0) is 0 Å². The standard InChI is InChI=1S/C11H18N2/c1-4-7-13-11-9(3)8(2)5-6-10(11)12/h5-6,13H,4,7,12H2,1-3H3. The number of benzene rings is 1. The third-order valence-electron chi connectivity index (χ3n) is 2.32. The highest BCUT2D eigenvalue weighted by atomic mass is 14.9. The van der Waals surface area contributed by atoms with Crippen LogP contribution in [0.1, 0.15) is 24.5 Å². The molecule has 0 saturated heterocycles. The molecule has 0 atom stereocenters. The first-order valence-corrected chi connectivity index (χ1v) is 4.76. The van der Waals surface area contributed by atoms with E-state index < -0.39 is 0 Å². The molecule has 3 N–H and O–H groups in total. The number of rotatable bonds is 3. The molecular weight excluding hydrogens is 160 g/mol. The topological polar surface area (TPSA) is 38.0 Å². The molecule has 1 aromatic rings. The van der Waals surface area contributed by atoms with Crippen molar-refractivity contribution in [3.05, 3.63) is 23.3 Å². The number of aryl methyl sites for hydroxylation is 1. The van der Waals surface area contributed by atoms with Crippen LogP contribution in [0.4, 0.5) is 11.4 Å². The average Bonchev–Trinajstić information content (AvgIpc) is 2.12. The van der Waals surface area contributed by atoms with Crippen LogP contribution in [0, 0.1) is 13.8 Å². The Kier molecular flexibility index (Phi) is 3.18. The lowest BCUT2D eigenvalue weighted by atomic mass is 10.1. The van der Waals surface area contributed by atoms with Crippen LogP contribution in [0.25, 0.3) is 0 Å². The number of hydrogen-bond acceptors (Lipinski definition) is 2. The third kappa shape index (κ3) is 2.14. The smallest absolute Gasteiger partial charge is 0.0606 e. The lowest BCUT2D eigenvalue weighted by Gasteiger charge is -2.13. The number of hydrogen-bond donors (Lipinski definition) is 2. The summed E-state index contributed by atoms with van der Waals surface area (Å²) in [6, 6.07) is 4.02.